The molecule has 1 rings (SSSR count). The number of carbonyl (C=O) groups is 1. The van der Waals surface area contributed by atoms with Crippen LogP contribution in [0.25, 0.3) is 0 Å². The molecule has 0 saturated carbocycles. The van der Waals surface area contributed by atoms with Crippen LogP contribution in [-0.2, 0) is 4.79 Å². The van der Waals surface area contributed by atoms with Gasteiger partial charge in [0.1, 0.15) is 5.78 Å². The molecule has 11 heavy (non-hydrogen) atoms. The molecular formula is C9H17NO. The number of carbonyl (C=O) groups excluding carboxylic acids is 1. The van der Waals surface area contributed by atoms with Crippen LogP contribution in [0.4, 0.5) is 0 Å². The van der Waals surface area contributed by atoms with Crippen LogP contribution < -0.4 is 5.32 Å². The van der Waals surface area contributed by atoms with E-state index >= 15 is 0 Å². The Hall–Kier alpha value is -0.370. The van der Waals surface area contributed by atoms with Gasteiger partial charge in [0.05, 0.1) is 0 Å². The van der Waals surface area contributed by atoms with Gasteiger partial charge in [0.2, 0.25) is 0 Å². The minimum Gasteiger partial charge on any atom is -0.314 e. The molecule has 0 aromatic rings. The van der Waals surface area contributed by atoms with E-state index in [2.05, 4.69) is 19.2 Å². The van der Waals surface area contributed by atoms with Crippen molar-refractivity contribution in [2.24, 2.45) is 5.92 Å². The van der Waals surface area contributed by atoms with E-state index in [0.717, 1.165) is 25.8 Å². The van der Waals surface area contributed by atoms with Crippen LogP contribution in [0.15, 0.2) is 0 Å². The van der Waals surface area contributed by atoms with Crippen LogP contribution in [0.3, 0.4) is 0 Å². The molecule has 64 valence electrons. The van der Waals surface area contributed by atoms with Gasteiger partial charge in [-0.25, -0.2) is 0 Å². The molecule has 1 heterocycles. The summed E-state index contributed by atoms with van der Waals surface area (Å²) in [6, 6.07) is 0.411. The Bertz CT molecular complexity index is 144. The Morgan fingerprint density at radius 2 is 2.36 bits per heavy atom. The zero-order valence-corrected chi connectivity index (χ0v) is 7.39. The molecule has 1 aliphatic heterocycles. The second-order valence-electron chi connectivity index (χ2n) is 3.35. The quantitative estimate of drug-likeness (QED) is 0.666. The second kappa shape index (κ2) is 3.86. The molecule has 0 radical (unpaired) electrons. The van der Waals surface area contributed by atoms with E-state index in [1.807, 2.05) is 0 Å². The highest BCUT2D eigenvalue weighted by atomic mass is 16.1. The summed E-state index contributed by atoms with van der Waals surface area (Å²) in [5.41, 5.74) is 0. The van der Waals surface area contributed by atoms with E-state index in [1.165, 1.54) is 0 Å². The monoisotopic (exact) mass is 155 g/mol. The highest BCUT2D eigenvalue weighted by molar-refractivity contribution is 5.81. The molecule has 2 unspecified atom stereocenters. The summed E-state index contributed by atoms with van der Waals surface area (Å²) in [6.07, 6.45) is 2.79. The Morgan fingerprint density at radius 3 is 2.82 bits per heavy atom. The van der Waals surface area contributed by atoms with Gasteiger partial charge in [0, 0.05) is 18.4 Å². The van der Waals surface area contributed by atoms with E-state index < -0.39 is 0 Å². The maximum absolute atomic E-state index is 11.4. The van der Waals surface area contributed by atoms with Gasteiger partial charge in [-0.1, -0.05) is 6.92 Å². The van der Waals surface area contributed by atoms with Crippen molar-refractivity contribution >= 4 is 5.78 Å². The van der Waals surface area contributed by atoms with Crippen molar-refractivity contribution in [3.8, 4) is 0 Å². The highest BCUT2D eigenvalue weighted by Gasteiger charge is 2.27. The van der Waals surface area contributed by atoms with Crippen molar-refractivity contribution in [1.82, 2.24) is 5.32 Å². The molecule has 1 N–H and O–H groups in total. The van der Waals surface area contributed by atoms with Crippen LogP contribution in [0, 0.1) is 5.92 Å². The van der Waals surface area contributed by atoms with Crippen molar-refractivity contribution in [1.29, 1.82) is 0 Å². The van der Waals surface area contributed by atoms with Gasteiger partial charge in [0.25, 0.3) is 0 Å². The van der Waals surface area contributed by atoms with Crippen LogP contribution in [0.1, 0.15) is 33.1 Å². The summed E-state index contributed by atoms with van der Waals surface area (Å²) in [4.78, 5) is 11.4. The van der Waals surface area contributed by atoms with Crippen LogP contribution in [-0.4, -0.2) is 18.4 Å². The van der Waals surface area contributed by atoms with E-state index in [-0.39, 0.29) is 0 Å². The lowest BCUT2D eigenvalue weighted by Gasteiger charge is -2.12. The molecule has 0 bridgehead atoms. The average Bonchev–Trinajstić information content (AvgIpc) is 2.36. The summed E-state index contributed by atoms with van der Waals surface area (Å²) in [7, 11) is 0. The van der Waals surface area contributed by atoms with Crippen LogP contribution in [0.2, 0.25) is 0 Å². The molecular weight excluding hydrogens is 138 g/mol. The van der Waals surface area contributed by atoms with Crippen molar-refractivity contribution < 1.29 is 4.79 Å². The van der Waals surface area contributed by atoms with Gasteiger partial charge < -0.3 is 5.32 Å². The zero-order chi connectivity index (χ0) is 8.27. The molecule has 0 aromatic carbocycles. The topological polar surface area (TPSA) is 29.1 Å². The van der Waals surface area contributed by atoms with Crippen LogP contribution >= 0.6 is 0 Å². The molecule has 1 saturated heterocycles. The van der Waals surface area contributed by atoms with Gasteiger partial charge >= 0.3 is 0 Å². The normalized spacial score (nSPS) is 30.7. The summed E-state index contributed by atoms with van der Waals surface area (Å²) in [5.74, 6) is 0.750. The number of Topliss-reactive ketones (excluding diaryl/α,β-unsaturated/α-hetero) is 1. The summed E-state index contributed by atoms with van der Waals surface area (Å²) in [5, 5.41) is 3.29. The van der Waals surface area contributed by atoms with E-state index in [1.54, 1.807) is 0 Å². The third kappa shape index (κ3) is 2.03. The molecule has 1 fully saturated rings. The third-order valence-electron chi connectivity index (χ3n) is 2.44. The van der Waals surface area contributed by atoms with Gasteiger partial charge in [-0.15, -0.1) is 0 Å². The van der Waals surface area contributed by atoms with Gasteiger partial charge in [-0.05, 0) is 26.3 Å². The Kier molecular flexibility index (Phi) is 3.06. The summed E-state index contributed by atoms with van der Waals surface area (Å²) >= 11 is 0. The molecule has 0 amide bonds. The lowest BCUT2D eigenvalue weighted by molar-refractivity contribution is -0.123. The first-order valence-electron chi connectivity index (χ1n) is 4.51. The minimum absolute atomic E-state index is 0.301. The first-order valence-corrected chi connectivity index (χ1v) is 4.51. The number of rotatable bonds is 3. The lowest BCUT2D eigenvalue weighted by Crippen LogP contribution is -2.27. The Morgan fingerprint density at radius 1 is 1.64 bits per heavy atom. The molecule has 0 aliphatic carbocycles. The standard InChI is InChI=1S/C9H17NO/c1-3-4-9(11)8-5-6-10-7(8)2/h7-8,10H,3-6H2,1-2H3. The molecule has 2 heteroatoms. The zero-order valence-electron chi connectivity index (χ0n) is 7.39. The van der Waals surface area contributed by atoms with Gasteiger partial charge in [-0.3, -0.25) is 4.79 Å². The number of ketones is 1. The molecule has 0 spiro atoms. The summed E-state index contributed by atoms with van der Waals surface area (Å²) in [6.45, 7) is 5.18. The Balaban J connectivity index is 2.39. The third-order valence-corrected chi connectivity index (χ3v) is 2.44. The maximum atomic E-state index is 11.4. The average molecular weight is 155 g/mol. The molecule has 1 aliphatic rings. The number of hydrogen-bond donors (Lipinski definition) is 1. The fraction of sp³-hybridized carbons (Fsp3) is 0.889. The lowest BCUT2D eigenvalue weighted by atomic mass is 9.94. The van der Waals surface area contributed by atoms with Crippen molar-refractivity contribution in [2.75, 3.05) is 6.54 Å². The van der Waals surface area contributed by atoms with E-state index in [9.17, 15) is 4.79 Å². The predicted octanol–water partition coefficient (Wildman–Crippen LogP) is 1.35. The first-order chi connectivity index (χ1) is 5.25. The smallest absolute Gasteiger partial charge is 0.137 e. The Labute approximate surface area is 68.4 Å². The molecule has 0 aromatic heterocycles. The van der Waals surface area contributed by atoms with Gasteiger partial charge in [-0.2, -0.15) is 0 Å². The second-order valence-corrected chi connectivity index (χ2v) is 3.35. The van der Waals surface area contributed by atoms with Gasteiger partial charge in [0.15, 0.2) is 0 Å². The number of hydrogen-bond acceptors (Lipinski definition) is 2. The SMILES string of the molecule is CCCC(=O)C1CCNC1C. The van der Waals surface area contributed by atoms with E-state index in [4.69, 9.17) is 0 Å². The highest BCUT2D eigenvalue weighted by Crippen LogP contribution is 2.17. The molecule has 2 nitrogen and oxygen atoms in total. The van der Waals surface area contributed by atoms with Crippen molar-refractivity contribution in [3.05, 3.63) is 0 Å². The van der Waals surface area contributed by atoms with Crippen molar-refractivity contribution in [2.45, 2.75) is 39.2 Å². The van der Waals surface area contributed by atoms with E-state index in [0.29, 0.717) is 17.7 Å². The first kappa shape index (κ1) is 8.72. The molecule has 2 atom stereocenters. The van der Waals surface area contributed by atoms with Crippen molar-refractivity contribution in [3.63, 3.8) is 0 Å². The largest absolute Gasteiger partial charge is 0.314 e. The fourth-order valence-electron chi connectivity index (χ4n) is 1.73. The predicted molar refractivity (Wildman–Crippen MR) is 45.5 cm³/mol. The summed E-state index contributed by atoms with van der Waals surface area (Å²) < 4.78 is 0. The fourth-order valence-corrected chi connectivity index (χ4v) is 1.73. The number of nitrogens with one attached hydrogen (secondary N) is 1. The van der Waals surface area contributed by atoms with Crippen LogP contribution in [0.5, 0.6) is 0 Å². The minimum atomic E-state index is 0.301. The maximum Gasteiger partial charge on any atom is 0.137 e.